The second-order valence-corrected chi connectivity index (χ2v) is 5.43. The molecule has 0 saturated heterocycles. The lowest BCUT2D eigenvalue weighted by Crippen LogP contribution is -2.12. The molecule has 0 radical (unpaired) electrons. The fraction of sp³-hybridized carbons (Fsp3) is 0.222. The van der Waals surface area contributed by atoms with Crippen LogP contribution in [-0.4, -0.2) is 0 Å². The minimum atomic E-state index is 0.314. The van der Waals surface area contributed by atoms with E-state index in [4.69, 9.17) is 0 Å². The lowest BCUT2D eigenvalue weighted by Gasteiger charge is -2.23. The SMILES string of the molecule is C1=CC2(CCC1c1ccccc1)c1ccccc12. The Balaban J connectivity index is 1.63. The van der Waals surface area contributed by atoms with Crippen molar-refractivity contribution in [2.45, 2.75) is 24.2 Å². The first-order chi connectivity index (χ1) is 8.90. The zero-order valence-electron chi connectivity index (χ0n) is 10.3. The molecule has 2 aliphatic carbocycles. The fourth-order valence-corrected chi connectivity index (χ4v) is 3.43. The van der Waals surface area contributed by atoms with Crippen LogP contribution in [0.4, 0.5) is 0 Å². The molecule has 0 bridgehead atoms. The summed E-state index contributed by atoms with van der Waals surface area (Å²) in [6.07, 6.45) is 7.38. The van der Waals surface area contributed by atoms with Crippen molar-refractivity contribution in [2.75, 3.05) is 0 Å². The predicted octanol–water partition coefficient (Wildman–Crippen LogP) is 4.42. The van der Waals surface area contributed by atoms with E-state index >= 15 is 0 Å². The van der Waals surface area contributed by atoms with Crippen LogP contribution in [0.1, 0.15) is 35.4 Å². The molecule has 0 heterocycles. The zero-order valence-corrected chi connectivity index (χ0v) is 10.3. The molecule has 0 fully saturated rings. The normalized spacial score (nSPS) is 22.8. The van der Waals surface area contributed by atoms with Crippen LogP contribution in [0.25, 0.3) is 0 Å². The quantitative estimate of drug-likeness (QED) is 0.638. The third kappa shape index (κ3) is 1.32. The number of rotatable bonds is 1. The summed E-state index contributed by atoms with van der Waals surface area (Å²) in [5, 5.41) is 0. The molecule has 0 saturated carbocycles. The second-order valence-electron chi connectivity index (χ2n) is 5.43. The van der Waals surface area contributed by atoms with Crippen molar-refractivity contribution in [2.24, 2.45) is 0 Å². The van der Waals surface area contributed by atoms with Crippen LogP contribution in [0, 0.1) is 0 Å². The number of hydrogen-bond donors (Lipinski definition) is 0. The van der Waals surface area contributed by atoms with Gasteiger partial charge in [-0.3, -0.25) is 0 Å². The van der Waals surface area contributed by atoms with E-state index in [9.17, 15) is 0 Å². The highest BCUT2D eigenvalue weighted by Gasteiger charge is 2.48. The molecule has 0 aliphatic heterocycles. The Morgan fingerprint density at radius 3 is 2.11 bits per heavy atom. The highest BCUT2D eigenvalue weighted by molar-refractivity contribution is 5.64. The molecular weight excluding hydrogens is 216 g/mol. The number of fused-ring (bicyclic) bond motifs is 3. The molecule has 0 nitrogen and oxygen atoms in total. The standard InChI is InChI=1S/C18H16/c1-2-6-14(7-3-1)15-10-12-18(13-11-15)16-8-4-5-9-17(16)18/h1-10,12,15H,11,13H2. The Morgan fingerprint density at radius 1 is 0.833 bits per heavy atom. The molecule has 1 unspecified atom stereocenters. The second kappa shape index (κ2) is 3.58. The van der Waals surface area contributed by atoms with E-state index in [-0.39, 0.29) is 0 Å². The van der Waals surface area contributed by atoms with Crippen molar-refractivity contribution in [1.29, 1.82) is 0 Å². The third-order valence-electron chi connectivity index (χ3n) is 4.52. The van der Waals surface area contributed by atoms with Crippen molar-refractivity contribution in [3.05, 3.63) is 83.4 Å². The predicted molar refractivity (Wildman–Crippen MR) is 74.8 cm³/mol. The molecule has 2 aliphatic rings. The molecule has 0 N–H and O–H groups in total. The molecule has 2 aromatic rings. The van der Waals surface area contributed by atoms with Gasteiger partial charge in [-0.1, -0.05) is 66.7 Å². The van der Waals surface area contributed by atoms with E-state index in [1.807, 2.05) is 0 Å². The first kappa shape index (κ1) is 10.1. The largest absolute Gasteiger partial charge is 0.0798 e. The van der Waals surface area contributed by atoms with Gasteiger partial charge in [0, 0.05) is 11.3 Å². The molecule has 88 valence electrons. The summed E-state index contributed by atoms with van der Waals surface area (Å²) in [6.45, 7) is 0. The summed E-state index contributed by atoms with van der Waals surface area (Å²) in [4.78, 5) is 0. The van der Waals surface area contributed by atoms with Crippen LogP contribution < -0.4 is 0 Å². The van der Waals surface area contributed by atoms with Gasteiger partial charge in [0.2, 0.25) is 0 Å². The van der Waals surface area contributed by atoms with Crippen LogP contribution in [0.15, 0.2) is 66.7 Å². The van der Waals surface area contributed by atoms with Crippen LogP contribution in [0.3, 0.4) is 0 Å². The summed E-state index contributed by atoms with van der Waals surface area (Å²) >= 11 is 0. The molecule has 1 atom stereocenters. The molecule has 0 heteroatoms. The van der Waals surface area contributed by atoms with Crippen molar-refractivity contribution in [1.82, 2.24) is 0 Å². The Hall–Kier alpha value is -1.82. The maximum absolute atomic E-state index is 2.44. The van der Waals surface area contributed by atoms with Gasteiger partial charge in [0.1, 0.15) is 0 Å². The summed E-state index contributed by atoms with van der Waals surface area (Å²) in [7, 11) is 0. The van der Waals surface area contributed by atoms with Crippen LogP contribution in [-0.2, 0) is 5.41 Å². The van der Waals surface area contributed by atoms with E-state index in [0.29, 0.717) is 11.3 Å². The van der Waals surface area contributed by atoms with Gasteiger partial charge in [-0.25, -0.2) is 0 Å². The minimum Gasteiger partial charge on any atom is -0.0798 e. The lowest BCUT2D eigenvalue weighted by atomic mass is 9.80. The van der Waals surface area contributed by atoms with E-state index in [1.54, 1.807) is 11.1 Å². The van der Waals surface area contributed by atoms with Gasteiger partial charge >= 0.3 is 0 Å². The molecule has 2 aromatic carbocycles. The van der Waals surface area contributed by atoms with Crippen molar-refractivity contribution in [3.8, 4) is 0 Å². The first-order valence-electron chi connectivity index (χ1n) is 6.74. The van der Waals surface area contributed by atoms with E-state index < -0.39 is 0 Å². The Bertz CT molecular complexity index is 584. The Kier molecular flexibility index (Phi) is 2.02. The molecular formula is C18H16. The van der Waals surface area contributed by atoms with Gasteiger partial charge in [-0.15, -0.1) is 0 Å². The average Bonchev–Trinajstić information content (AvgIpc) is 3.08. The van der Waals surface area contributed by atoms with Gasteiger partial charge in [-0.2, -0.15) is 0 Å². The van der Waals surface area contributed by atoms with E-state index in [0.717, 1.165) is 0 Å². The van der Waals surface area contributed by atoms with Gasteiger partial charge < -0.3 is 0 Å². The van der Waals surface area contributed by atoms with Crippen molar-refractivity contribution >= 4 is 0 Å². The smallest absolute Gasteiger partial charge is 0.0388 e. The van der Waals surface area contributed by atoms with Crippen molar-refractivity contribution < 1.29 is 0 Å². The highest BCUT2D eigenvalue weighted by Crippen LogP contribution is 2.57. The van der Waals surface area contributed by atoms with Crippen LogP contribution in [0.2, 0.25) is 0 Å². The zero-order chi connectivity index (χ0) is 12.0. The molecule has 1 spiro atoms. The number of benzene rings is 2. The third-order valence-corrected chi connectivity index (χ3v) is 4.52. The Labute approximate surface area is 108 Å². The number of allylic oxidation sites excluding steroid dienone is 2. The summed E-state index contributed by atoms with van der Waals surface area (Å²) in [5.41, 5.74) is 4.86. The van der Waals surface area contributed by atoms with E-state index in [1.165, 1.54) is 18.4 Å². The fourth-order valence-electron chi connectivity index (χ4n) is 3.43. The highest BCUT2D eigenvalue weighted by atomic mass is 14.5. The van der Waals surface area contributed by atoms with Crippen molar-refractivity contribution in [3.63, 3.8) is 0 Å². The summed E-state index contributed by atoms with van der Waals surface area (Å²) in [6, 6.07) is 19.7. The summed E-state index contributed by atoms with van der Waals surface area (Å²) < 4.78 is 0. The molecule has 4 rings (SSSR count). The van der Waals surface area contributed by atoms with Crippen LogP contribution in [0.5, 0.6) is 0 Å². The maximum atomic E-state index is 2.44. The monoisotopic (exact) mass is 232 g/mol. The maximum Gasteiger partial charge on any atom is 0.0388 e. The topological polar surface area (TPSA) is 0 Å². The lowest BCUT2D eigenvalue weighted by molar-refractivity contribution is 0.567. The summed E-state index contributed by atoms with van der Waals surface area (Å²) in [5.74, 6) is 0.605. The van der Waals surface area contributed by atoms with Crippen LogP contribution >= 0.6 is 0 Å². The first-order valence-corrected chi connectivity index (χ1v) is 6.74. The van der Waals surface area contributed by atoms with Gasteiger partial charge in [-0.05, 0) is 29.5 Å². The van der Waals surface area contributed by atoms with E-state index in [2.05, 4.69) is 66.7 Å². The average molecular weight is 232 g/mol. The molecule has 0 aromatic heterocycles. The van der Waals surface area contributed by atoms with Gasteiger partial charge in [0.25, 0.3) is 0 Å². The van der Waals surface area contributed by atoms with Gasteiger partial charge in [0.15, 0.2) is 0 Å². The van der Waals surface area contributed by atoms with Gasteiger partial charge in [0.05, 0.1) is 0 Å². The molecule has 18 heavy (non-hydrogen) atoms. The number of hydrogen-bond acceptors (Lipinski definition) is 0. The molecule has 0 amide bonds. The minimum absolute atomic E-state index is 0.314. The Morgan fingerprint density at radius 2 is 1.50 bits per heavy atom.